The third-order valence-corrected chi connectivity index (χ3v) is 3.33. The molecule has 0 aromatic heterocycles. The molecule has 0 radical (unpaired) electrons. The molecule has 2 aromatic carbocycles. The van der Waals surface area contributed by atoms with Crippen LogP contribution in [0, 0.1) is 0 Å². The molecule has 2 aromatic rings. The summed E-state index contributed by atoms with van der Waals surface area (Å²) >= 11 is 0. The van der Waals surface area contributed by atoms with Gasteiger partial charge in [-0.25, -0.2) is 0 Å². The van der Waals surface area contributed by atoms with E-state index in [1.54, 1.807) is 14.2 Å². The van der Waals surface area contributed by atoms with Gasteiger partial charge in [0.05, 0.1) is 19.9 Å². The van der Waals surface area contributed by atoms with Crippen LogP contribution in [0.1, 0.15) is 19.8 Å². The van der Waals surface area contributed by atoms with Gasteiger partial charge in [0.2, 0.25) is 5.91 Å². The standard InChI is InChI=1S/C18H22N2O3/c1-4-5-18(21)20-14-8-6-13(7-9-14)19-16-11-10-15(22-2)12-17(16)23-3/h6-12,19H,4-5H2,1-3H3,(H,20,21). The molecule has 1 amide bonds. The first kappa shape index (κ1) is 16.7. The number of rotatable bonds is 7. The van der Waals surface area contributed by atoms with Gasteiger partial charge in [-0.15, -0.1) is 0 Å². The molecule has 0 saturated heterocycles. The molecule has 0 unspecified atom stereocenters. The smallest absolute Gasteiger partial charge is 0.224 e. The van der Waals surface area contributed by atoms with Crippen molar-refractivity contribution >= 4 is 23.0 Å². The Kier molecular flexibility index (Phi) is 5.86. The predicted octanol–water partition coefficient (Wildman–Crippen LogP) is 4.19. The lowest BCUT2D eigenvalue weighted by molar-refractivity contribution is -0.116. The van der Waals surface area contributed by atoms with Crippen LogP contribution in [0.5, 0.6) is 11.5 Å². The van der Waals surface area contributed by atoms with Crippen LogP contribution in [-0.2, 0) is 4.79 Å². The Hall–Kier alpha value is -2.69. The van der Waals surface area contributed by atoms with Crippen molar-refractivity contribution in [1.29, 1.82) is 0 Å². The fourth-order valence-corrected chi connectivity index (χ4v) is 2.14. The summed E-state index contributed by atoms with van der Waals surface area (Å²) < 4.78 is 10.6. The monoisotopic (exact) mass is 314 g/mol. The highest BCUT2D eigenvalue weighted by molar-refractivity contribution is 5.90. The molecule has 0 atom stereocenters. The Morgan fingerprint density at radius 3 is 2.30 bits per heavy atom. The van der Waals surface area contributed by atoms with E-state index in [2.05, 4.69) is 10.6 Å². The number of carbonyl (C=O) groups excluding carboxylic acids is 1. The topological polar surface area (TPSA) is 59.6 Å². The van der Waals surface area contributed by atoms with Crippen molar-refractivity contribution in [3.05, 3.63) is 42.5 Å². The van der Waals surface area contributed by atoms with Crippen LogP contribution in [0.2, 0.25) is 0 Å². The lowest BCUT2D eigenvalue weighted by Crippen LogP contribution is -2.10. The van der Waals surface area contributed by atoms with E-state index in [9.17, 15) is 4.79 Å². The summed E-state index contributed by atoms with van der Waals surface area (Å²) in [5, 5.41) is 6.15. The summed E-state index contributed by atoms with van der Waals surface area (Å²) in [4.78, 5) is 11.6. The van der Waals surface area contributed by atoms with E-state index < -0.39 is 0 Å². The molecule has 0 aliphatic heterocycles. The van der Waals surface area contributed by atoms with Gasteiger partial charge >= 0.3 is 0 Å². The molecule has 2 rings (SSSR count). The maximum atomic E-state index is 11.6. The average molecular weight is 314 g/mol. The first-order chi connectivity index (χ1) is 11.2. The van der Waals surface area contributed by atoms with Gasteiger partial charge in [0, 0.05) is 23.9 Å². The number of benzene rings is 2. The number of nitrogens with one attached hydrogen (secondary N) is 2. The lowest BCUT2D eigenvalue weighted by atomic mass is 10.2. The van der Waals surface area contributed by atoms with Crippen molar-refractivity contribution in [1.82, 2.24) is 0 Å². The fourth-order valence-electron chi connectivity index (χ4n) is 2.14. The Labute approximate surface area is 136 Å². The van der Waals surface area contributed by atoms with Crippen molar-refractivity contribution in [3.63, 3.8) is 0 Å². The van der Waals surface area contributed by atoms with E-state index in [4.69, 9.17) is 9.47 Å². The zero-order valence-corrected chi connectivity index (χ0v) is 13.7. The van der Waals surface area contributed by atoms with Gasteiger partial charge in [-0.3, -0.25) is 4.79 Å². The average Bonchev–Trinajstić information content (AvgIpc) is 2.57. The molecule has 23 heavy (non-hydrogen) atoms. The van der Waals surface area contributed by atoms with Crippen LogP contribution in [0.3, 0.4) is 0 Å². The zero-order chi connectivity index (χ0) is 16.7. The molecule has 0 saturated carbocycles. The predicted molar refractivity (Wildman–Crippen MR) is 92.8 cm³/mol. The van der Waals surface area contributed by atoms with E-state index in [1.807, 2.05) is 49.4 Å². The van der Waals surface area contributed by atoms with Gasteiger partial charge in [0.1, 0.15) is 11.5 Å². The summed E-state index contributed by atoms with van der Waals surface area (Å²) in [7, 11) is 3.24. The van der Waals surface area contributed by atoms with Crippen molar-refractivity contribution < 1.29 is 14.3 Å². The van der Waals surface area contributed by atoms with Crippen LogP contribution >= 0.6 is 0 Å². The van der Waals surface area contributed by atoms with Crippen LogP contribution in [0.4, 0.5) is 17.1 Å². The Balaban J connectivity index is 2.07. The Morgan fingerprint density at radius 1 is 1.00 bits per heavy atom. The first-order valence-electron chi connectivity index (χ1n) is 7.55. The quantitative estimate of drug-likeness (QED) is 0.804. The van der Waals surface area contributed by atoms with E-state index in [0.29, 0.717) is 12.2 Å². The Morgan fingerprint density at radius 2 is 1.70 bits per heavy atom. The fraction of sp³-hybridized carbons (Fsp3) is 0.278. The number of hydrogen-bond acceptors (Lipinski definition) is 4. The summed E-state index contributed by atoms with van der Waals surface area (Å²) in [5.41, 5.74) is 2.54. The van der Waals surface area contributed by atoms with Crippen LogP contribution in [0.15, 0.2) is 42.5 Å². The van der Waals surface area contributed by atoms with Crippen LogP contribution in [-0.4, -0.2) is 20.1 Å². The zero-order valence-electron chi connectivity index (χ0n) is 13.7. The number of hydrogen-bond donors (Lipinski definition) is 2. The molecule has 2 N–H and O–H groups in total. The highest BCUT2D eigenvalue weighted by atomic mass is 16.5. The van der Waals surface area contributed by atoms with E-state index in [1.165, 1.54) is 0 Å². The molecule has 0 spiro atoms. The summed E-state index contributed by atoms with van der Waals surface area (Å²) in [6.07, 6.45) is 1.37. The van der Waals surface area contributed by atoms with E-state index >= 15 is 0 Å². The molecule has 0 aliphatic carbocycles. The molecule has 0 aliphatic rings. The molecular formula is C18H22N2O3. The van der Waals surface area contributed by atoms with Crippen LogP contribution < -0.4 is 20.1 Å². The van der Waals surface area contributed by atoms with Gasteiger partial charge in [-0.1, -0.05) is 6.92 Å². The number of methoxy groups -OCH3 is 2. The van der Waals surface area contributed by atoms with Gasteiger partial charge in [-0.2, -0.15) is 0 Å². The number of amides is 1. The summed E-state index contributed by atoms with van der Waals surface area (Å²) in [6, 6.07) is 13.1. The van der Waals surface area contributed by atoms with E-state index in [-0.39, 0.29) is 5.91 Å². The van der Waals surface area contributed by atoms with Crippen molar-refractivity contribution in [2.75, 3.05) is 24.9 Å². The maximum Gasteiger partial charge on any atom is 0.224 e. The molecule has 5 nitrogen and oxygen atoms in total. The normalized spacial score (nSPS) is 10.0. The molecule has 122 valence electrons. The Bertz CT molecular complexity index is 654. The number of anilines is 3. The third-order valence-electron chi connectivity index (χ3n) is 3.33. The largest absolute Gasteiger partial charge is 0.497 e. The lowest BCUT2D eigenvalue weighted by Gasteiger charge is -2.13. The maximum absolute atomic E-state index is 11.6. The van der Waals surface area contributed by atoms with Gasteiger partial charge < -0.3 is 20.1 Å². The minimum absolute atomic E-state index is 0.0324. The molecule has 5 heteroatoms. The minimum atomic E-state index is 0.0324. The van der Waals surface area contributed by atoms with Crippen LogP contribution in [0.25, 0.3) is 0 Å². The van der Waals surface area contributed by atoms with Crippen molar-refractivity contribution in [3.8, 4) is 11.5 Å². The molecule has 0 heterocycles. The highest BCUT2D eigenvalue weighted by Crippen LogP contribution is 2.31. The minimum Gasteiger partial charge on any atom is -0.497 e. The second-order valence-corrected chi connectivity index (χ2v) is 5.07. The van der Waals surface area contributed by atoms with Gasteiger partial charge in [0.25, 0.3) is 0 Å². The SMILES string of the molecule is CCCC(=O)Nc1ccc(Nc2ccc(OC)cc2OC)cc1. The van der Waals surface area contributed by atoms with Gasteiger partial charge in [-0.05, 0) is 42.8 Å². The summed E-state index contributed by atoms with van der Waals surface area (Å²) in [6.45, 7) is 1.98. The first-order valence-corrected chi connectivity index (χ1v) is 7.55. The highest BCUT2D eigenvalue weighted by Gasteiger charge is 2.06. The van der Waals surface area contributed by atoms with Crippen molar-refractivity contribution in [2.45, 2.75) is 19.8 Å². The van der Waals surface area contributed by atoms with Gasteiger partial charge in [0.15, 0.2) is 0 Å². The number of ether oxygens (including phenoxy) is 2. The van der Waals surface area contributed by atoms with Crippen molar-refractivity contribution in [2.24, 2.45) is 0 Å². The molecule has 0 fully saturated rings. The third kappa shape index (κ3) is 4.64. The molecular weight excluding hydrogens is 292 g/mol. The molecule has 0 bridgehead atoms. The summed E-state index contributed by atoms with van der Waals surface area (Å²) in [5.74, 6) is 1.47. The second-order valence-electron chi connectivity index (χ2n) is 5.07. The number of carbonyl (C=O) groups is 1. The second kappa shape index (κ2) is 8.08. The van der Waals surface area contributed by atoms with E-state index in [0.717, 1.165) is 29.2 Å².